The van der Waals surface area contributed by atoms with Crippen LogP contribution in [0, 0.1) is 0 Å². The Morgan fingerprint density at radius 3 is 2.57 bits per heavy atom. The first-order valence-corrected chi connectivity index (χ1v) is 7.13. The molecule has 0 heterocycles. The monoisotopic (exact) mass is 290 g/mol. The minimum atomic E-state index is -0.372. The zero-order valence-electron chi connectivity index (χ0n) is 12.0. The minimum Gasteiger partial charge on any atom is -0.353 e. The number of carbonyl (C=O) groups excluding carboxylic acids is 2. The summed E-state index contributed by atoms with van der Waals surface area (Å²) in [5, 5.41) is 11.1. The smallest absolute Gasteiger partial charge is 0.243 e. The van der Waals surface area contributed by atoms with Crippen molar-refractivity contribution in [1.29, 1.82) is 0 Å². The van der Waals surface area contributed by atoms with Gasteiger partial charge in [-0.3, -0.25) is 14.8 Å². The van der Waals surface area contributed by atoms with Gasteiger partial charge in [-0.2, -0.15) is 0 Å². The van der Waals surface area contributed by atoms with Crippen LogP contribution in [-0.4, -0.2) is 23.6 Å². The minimum absolute atomic E-state index is 0.0981. The third-order valence-electron chi connectivity index (χ3n) is 2.97. The van der Waals surface area contributed by atoms with Gasteiger partial charge < -0.3 is 5.32 Å². The van der Waals surface area contributed by atoms with Crippen molar-refractivity contribution in [2.75, 3.05) is 6.54 Å². The highest BCUT2D eigenvalue weighted by Gasteiger charge is 1.99. The summed E-state index contributed by atoms with van der Waals surface area (Å²) in [6.07, 6.45) is 6.79. The summed E-state index contributed by atoms with van der Waals surface area (Å²) in [6.45, 7) is 0.593. The van der Waals surface area contributed by atoms with Crippen molar-refractivity contribution in [3.63, 3.8) is 0 Å². The molecule has 0 fully saturated rings. The fraction of sp³-hybridized carbons (Fsp3) is 0.375. The van der Waals surface area contributed by atoms with E-state index in [2.05, 4.69) is 5.32 Å². The first-order valence-electron chi connectivity index (χ1n) is 7.13. The van der Waals surface area contributed by atoms with Crippen LogP contribution < -0.4 is 10.8 Å². The fourth-order valence-corrected chi connectivity index (χ4v) is 1.83. The highest BCUT2D eigenvalue weighted by molar-refractivity contribution is 5.87. The molecular formula is C16H22N2O3. The number of allylic oxidation sites excluding steroid dienone is 1. The Balaban J connectivity index is 2.05. The lowest BCUT2D eigenvalue weighted by Crippen LogP contribution is -2.22. The lowest BCUT2D eigenvalue weighted by atomic mass is 10.1. The quantitative estimate of drug-likeness (QED) is 0.281. The maximum atomic E-state index is 11.5. The summed E-state index contributed by atoms with van der Waals surface area (Å²) >= 11 is 0. The molecule has 0 radical (unpaired) electrons. The summed E-state index contributed by atoms with van der Waals surface area (Å²) in [6, 6.07) is 9.94. The SMILES string of the molecule is O=C(C=CCc1ccccc1)NCCCCCC(=O)NO. The zero-order valence-corrected chi connectivity index (χ0v) is 12.0. The molecular weight excluding hydrogens is 268 g/mol. The summed E-state index contributed by atoms with van der Waals surface area (Å²) in [5.74, 6) is -0.470. The van der Waals surface area contributed by atoms with E-state index in [4.69, 9.17) is 5.21 Å². The van der Waals surface area contributed by atoms with E-state index in [1.807, 2.05) is 36.4 Å². The van der Waals surface area contributed by atoms with Gasteiger partial charge in [0, 0.05) is 13.0 Å². The number of nitrogens with one attached hydrogen (secondary N) is 2. The molecule has 0 unspecified atom stereocenters. The van der Waals surface area contributed by atoms with Crippen molar-refractivity contribution in [2.45, 2.75) is 32.1 Å². The van der Waals surface area contributed by atoms with Gasteiger partial charge in [-0.15, -0.1) is 0 Å². The number of unbranched alkanes of at least 4 members (excludes halogenated alkanes) is 2. The Bertz CT molecular complexity index is 458. The number of hydroxylamine groups is 1. The average molecular weight is 290 g/mol. The van der Waals surface area contributed by atoms with E-state index < -0.39 is 0 Å². The van der Waals surface area contributed by atoms with Crippen molar-refractivity contribution in [3.8, 4) is 0 Å². The second-order valence-electron chi connectivity index (χ2n) is 4.73. The van der Waals surface area contributed by atoms with Crippen LogP contribution in [-0.2, 0) is 16.0 Å². The van der Waals surface area contributed by atoms with Crippen LogP contribution in [0.2, 0.25) is 0 Å². The van der Waals surface area contributed by atoms with Crippen LogP contribution in [0.15, 0.2) is 42.5 Å². The Morgan fingerprint density at radius 2 is 1.86 bits per heavy atom. The zero-order chi connectivity index (χ0) is 15.3. The van der Waals surface area contributed by atoms with Gasteiger partial charge in [0.1, 0.15) is 0 Å². The predicted octanol–water partition coefficient (Wildman–Crippen LogP) is 1.97. The molecule has 5 nitrogen and oxygen atoms in total. The maximum Gasteiger partial charge on any atom is 0.243 e. The van der Waals surface area contributed by atoms with Gasteiger partial charge in [-0.05, 0) is 30.9 Å². The van der Waals surface area contributed by atoms with Gasteiger partial charge in [0.05, 0.1) is 0 Å². The van der Waals surface area contributed by atoms with E-state index in [0.717, 1.165) is 19.3 Å². The van der Waals surface area contributed by atoms with Gasteiger partial charge in [-0.25, -0.2) is 5.48 Å². The summed E-state index contributed by atoms with van der Waals surface area (Å²) in [7, 11) is 0. The molecule has 0 aliphatic heterocycles. The predicted molar refractivity (Wildman–Crippen MR) is 80.7 cm³/mol. The van der Waals surface area contributed by atoms with E-state index in [0.29, 0.717) is 19.4 Å². The first-order chi connectivity index (χ1) is 10.2. The molecule has 2 amide bonds. The number of benzene rings is 1. The molecule has 0 spiro atoms. The van der Waals surface area contributed by atoms with Crippen LogP contribution in [0.3, 0.4) is 0 Å². The van der Waals surface area contributed by atoms with E-state index in [9.17, 15) is 9.59 Å². The highest BCUT2D eigenvalue weighted by atomic mass is 16.5. The molecule has 0 saturated heterocycles. The van der Waals surface area contributed by atoms with Crippen molar-refractivity contribution in [1.82, 2.24) is 10.8 Å². The Labute approximate surface area is 125 Å². The second-order valence-corrected chi connectivity index (χ2v) is 4.73. The number of amides is 2. The number of hydrogen-bond donors (Lipinski definition) is 3. The second kappa shape index (κ2) is 10.6. The molecule has 3 N–H and O–H groups in total. The van der Waals surface area contributed by atoms with E-state index in [-0.39, 0.29) is 11.8 Å². The molecule has 114 valence electrons. The van der Waals surface area contributed by atoms with Crippen LogP contribution in [0.1, 0.15) is 31.2 Å². The molecule has 0 aliphatic rings. The molecule has 0 saturated carbocycles. The summed E-state index contributed by atoms with van der Waals surface area (Å²) < 4.78 is 0. The molecule has 5 heteroatoms. The van der Waals surface area contributed by atoms with E-state index in [1.165, 1.54) is 5.56 Å². The molecule has 0 aromatic heterocycles. The molecule has 1 aromatic rings. The number of hydrogen-bond acceptors (Lipinski definition) is 3. The summed E-state index contributed by atoms with van der Waals surface area (Å²) in [5.41, 5.74) is 2.76. The third-order valence-corrected chi connectivity index (χ3v) is 2.97. The first kappa shape index (κ1) is 16.9. The molecule has 1 aromatic carbocycles. The normalized spacial score (nSPS) is 10.5. The maximum absolute atomic E-state index is 11.5. The molecule has 0 bridgehead atoms. The van der Waals surface area contributed by atoms with Gasteiger partial charge in [0.2, 0.25) is 11.8 Å². The van der Waals surface area contributed by atoms with Gasteiger partial charge >= 0.3 is 0 Å². The third kappa shape index (κ3) is 8.60. The molecule has 0 aliphatic carbocycles. The van der Waals surface area contributed by atoms with Crippen molar-refractivity contribution >= 4 is 11.8 Å². The Hall–Kier alpha value is -2.14. The van der Waals surface area contributed by atoms with Crippen molar-refractivity contribution in [3.05, 3.63) is 48.0 Å². The number of carbonyl (C=O) groups is 2. The van der Waals surface area contributed by atoms with Crippen LogP contribution in [0.25, 0.3) is 0 Å². The standard InChI is InChI=1S/C16H22N2O3/c19-15(12-7-10-14-8-3-1-4-9-14)17-13-6-2-5-11-16(20)18-21/h1,3-4,7-9,12,21H,2,5-6,10-11,13H2,(H,17,19)(H,18,20). The van der Waals surface area contributed by atoms with Crippen molar-refractivity contribution < 1.29 is 14.8 Å². The summed E-state index contributed by atoms with van der Waals surface area (Å²) in [4.78, 5) is 22.3. The van der Waals surface area contributed by atoms with Crippen LogP contribution >= 0.6 is 0 Å². The number of rotatable bonds is 9. The van der Waals surface area contributed by atoms with E-state index in [1.54, 1.807) is 11.6 Å². The largest absolute Gasteiger partial charge is 0.353 e. The highest BCUT2D eigenvalue weighted by Crippen LogP contribution is 2.00. The topological polar surface area (TPSA) is 78.4 Å². The molecule has 21 heavy (non-hydrogen) atoms. The lowest BCUT2D eigenvalue weighted by molar-refractivity contribution is -0.129. The van der Waals surface area contributed by atoms with Crippen molar-refractivity contribution in [2.24, 2.45) is 0 Å². The molecule has 0 atom stereocenters. The molecule has 1 rings (SSSR count). The van der Waals surface area contributed by atoms with Gasteiger partial charge in [0.25, 0.3) is 0 Å². The Kier molecular flexibility index (Phi) is 8.56. The Morgan fingerprint density at radius 1 is 1.10 bits per heavy atom. The van der Waals surface area contributed by atoms with E-state index >= 15 is 0 Å². The van der Waals surface area contributed by atoms with Crippen LogP contribution in [0.5, 0.6) is 0 Å². The average Bonchev–Trinajstić information content (AvgIpc) is 2.51. The lowest BCUT2D eigenvalue weighted by Gasteiger charge is -2.02. The van der Waals surface area contributed by atoms with Gasteiger partial charge in [-0.1, -0.05) is 42.8 Å². The van der Waals surface area contributed by atoms with Gasteiger partial charge in [0.15, 0.2) is 0 Å². The fourth-order valence-electron chi connectivity index (χ4n) is 1.83. The van der Waals surface area contributed by atoms with Crippen LogP contribution in [0.4, 0.5) is 0 Å².